The third-order valence-corrected chi connectivity index (χ3v) is 5.11. The Bertz CT molecular complexity index is 1340. The van der Waals surface area contributed by atoms with Crippen molar-refractivity contribution in [3.63, 3.8) is 0 Å². The highest BCUT2D eigenvalue weighted by Crippen LogP contribution is 2.30. The van der Waals surface area contributed by atoms with E-state index in [-0.39, 0.29) is 24.7 Å². The zero-order valence-corrected chi connectivity index (χ0v) is 19.7. The van der Waals surface area contributed by atoms with E-state index in [9.17, 15) is 27.6 Å². The Hall–Kier alpha value is -4.35. The van der Waals surface area contributed by atoms with Crippen molar-refractivity contribution in [1.29, 1.82) is 0 Å². The molecule has 0 saturated heterocycles. The van der Waals surface area contributed by atoms with Gasteiger partial charge in [-0.05, 0) is 43.2 Å². The van der Waals surface area contributed by atoms with Crippen LogP contribution in [0, 0.1) is 6.92 Å². The molecule has 0 aliphatic carbocycles. The van der Waals surface area contributed by atoms with Crippen LogP contribution in [-0.2, 0) is 19.3 Å². The fraction of sp³-hybridized carbons (Fsp3) is 0.250. The quantitative estimate of drug-likeness (QED) is 0.450. The van der Waals surface area contributed by atoms with Crippen LogP contribution in [-0.4, -0.2) is 28.5 Å². The summed E-state index contributed by atoms with van der Waals surface area (Å²) in [5.41, 5.74) is -0.637. The first-order valence-corrected chi connectivity index (χ1v) is 10.8. The van der Waals surface area contributed by atoms with Crippen molar-refractivity contribution >= 4 is 17.6 Å². The molecule has 190 valence electrons. The molecule has 3 rings (SSSR count). The number of nitrogens with zero attached hydrogens (tertiary/aromatic N) is 2. The zero-order chi connectivity index (χ0) is 26.5. The first-order valence-electron chi connectivity index (χ1n) is 10.8. The van der Waals surface area contributed by atoms with E-state index in [0.717, 1.165) is 10.1 Å². The smallest absolute Gasteiger partial charge is 0.417 e. The number of aryl methyl sites for hydroxylation is 2. The SMILES string of the molecule is CCn1cc(C(F)(F)F)cc(NC(=O)NCc2ccc(Oc3ccnc(C(=O)NC)c3)c(C)c2)c1=O. The van der Waals surface area contributed by atoms with Gasteiger partial charge in [0.15, 0.2) is 0 Å². The summed E-state index contributed by atoms with van der Waals surface area (Å²) in [5.74, 6) is 0.577. The lowest BCUT2D eigenvalue weighted by atomic mass is 10.1. The largest absolute Gasteiger partial charge is 0.457 e. The molecule has 12 heteroatoms. The number of rotatable bonds is 7. The van der Waals surface area contributed by atoms with Crippen molar-refractivity contribution in [1.82, 2.24) is 20.2 Å². The van der Waals surface area contributed by atoms with Crippen LogP contribution in [0.2, 0.25) is 0 Å². The molecule has 0 radical (unpaired) electrons. The Kier molecular flexibility index (Phi) is 7.97. The van der Waals surface area contributed by atoms with Gasteiger partial charge >= 0.3 is 12.2 Å². The molecule has 0 bridgehead atoms. The predicted molar refractivity (Wildman–Crippen MR) is 126 cm³/mol. The molecule has 0 aliphatic rings. The number of aromatic nitrogens is 2. The van der Waals surface area contributed by atoms with E-state index in [1.807, 2.05) is 0 Å². The number of ether oxygens (including phenoxy) is 1. The van der Waals surface area contributed by atoms with E-state index in [0.29, 0.717) is 29.3 Å². The van der Waals surface area contributed by atoms with Crippen LogP contribution in [0.4, 0.5) is 23.7 Å². The van der Waals surface area contributed by atoms with Gasteiger partial charge in [0.2, 0.25) is 0 Å². The first kappa shape index (κ1) is 26.3. The summed E-state index contributed by atoms with van der Waals surface area (Å²) in [4.78, 5) is 40.3. The van der Waals surface area contributed by atoms with E-state index >= 15 is 0 Å². The number of pyridine rings is 2. The molecule has 1 aromatic carbocycles. The van der Waals surface area contributed by atoms with Crippen molar-refractivity contribution in [3.8, 4) is 11.5 Å². The Balaban J connectivity index is 1.66. The molecule has 9 nitrogen and oxygen atoms in total. The molecule has 3 amide bonds. The standard InChI is InChI=1S/C24H24F3N5O4/c1-4-32-13-16(24(25,26)27)10-19(22(32)34)31-23(35)30-12-15-5-6-20(14(2)9-15)36-17-7-8-29-18(11-17)21(33)28-3/h5-11,13H,4,12H2,1-3H3,(H,28,33)(H2,30,31,35). The number of nitrogens with one attached hydrogen (secondary N) is 3. The Morgan fingerprint density at radius 3 is 2.53 bits per heavy atom. The summed E-state index contributed by atoms with van der Waals surface area (Å²) in [7, 11) is 1.50. The predicted octanol–water partition coefficient (Wildman–Crippen LogP) is 4.06. The van der Waals surface area contributed by atoms with Gasteiger partial charge in [-0.2, -0.15) is 13.2 Å². The average molecular weight is 503 g/mol. The number of benzene rings is 1. The molecule has 2 aromatic heterocycles. The molecule has 0 spiro atoms. The van der Waals surface area contributed by atoms with Gasteiger partial charge in [0.25, 0.3) is 11.5 Å². The summed E-state index contributed by atoms with van der Waals surface area (Å²) < 4.78 is 46.1. The Morgan fingerprint density at radius 1 is 1.14 bits per heavy atom. The van der Waals surface area contributed by atoms with Crippen LogP contribution in [0.3, 0.4) is 0 Å². The molecule has 0 atom stereocenters. The molecule has 2 heterocycles. The number of urea groups is 1. The highest BCUT2D eigenvalue weighted by molar-refractivity contribution is 5.92. The summed E-state index contributed by atoms with van der Waals surface area (Å²) in [6.45, 7) is 3.37. The fourth-order valence-corrected chi connectivity index (χ4v) is 3.25. The van der Waals surface area contributed by atoms with E-state index in [2.05, 4.69) is 20.9 Å². The zero-order valence-electron chi connectivity index (χ0n) is 19.7. The third kappa shape index (κ3) is 6.40. The van der Waals surface area contributed by atoms with Gasteiger partial charge in [-0.15, -0.1) is 0 Å². The molecule has 0 aliphatic heterocycles. The van der Waals surface area contributed by atoms with E-state index < -0.39 is 29.0 Å². The minimum Gasteiger partial charge on any atom is -0.457 e. The van der Waals surface area contributed by atoms with Crippen LogP contribution in [0.5, 0.6) is 11.5 Å². The molecule has 36 heavy (non-hydrogen) atoms. The van der Waals surface area contributed by atoms with E-state index in [1.165, 1.54) is 26.2 Å². The summed E-state index contributed by atoms with van der Waals surface area (Å²) >= 11 is 0. The lowest BCUT2D eigenvalue weighted by Crippen LogP contribution is -2.33. The third-order valence-electron chi connectivity index (χ3n) is 5.11. The van der Waals surface area contributed by atoms with Gasteiger partial charge in [-0.25, -0.2) is 4.79 Å². The Labute approximate surface area is 204 Å². The maximum atomic E-state index is 13.1. The fourth-order valence-electron chi connectivity index (χ4n) is 3.25. The monoisotopic (exact) mass is 503 g/mol. The van der Waals surface area contributed by atoms with Crippen LogP contribution in [0.1, 0.15) is 34.1 Å². The van der Waals surface area contributed by atoms with Crippen molar-refractivity contribution in [2.75, 3.05) is 12.4 Å². The maximum Gasteiger partial charge on any atom is 0.417 e. The number of hydrogen-bond donors (Lipinski definition) is 3. The minimum atomic E-state index is -4.67. The molecule has 0 fully saturated rings. The topological polar surface area (TPSA) is 114 Å². The number of carbonyl (C=O) groups is 2. The number of carbonyl (C=O) groups excluding carboxylic acids is 2. The average Bonchev–Trinajstić information content (AvgIpc) is 2.84. The van der Waals surface area contributed by atoms with Crippen LogP contribution in [0.25, 0.3) is 0 Å². The lowest BCUT2D eigenvalue weighted by Gasteiger charge is -2.14. The summed E-state index contributed by atoms with van der Waals surface area (Å²) in [5, 5.41) is 7.20. The Morgan fingerprint density at radius 2 is 1.89 bits per heavy atom. The van der Waals surface area contributed by atoms with Crippen molar-refractivity contribution in [3.05, 3.63) is 81.5 Å². The van der Waals surface area contributed by atoms with Gasteiger partial charge in [-0.1, -0.05) is 12.1 Å². The van der Waals surface area contributed by atoms with E-state index in [1.54, 1.807) is 31.2 Å². The molecule has 3 aromatic rings. The molecule has 0 saturated carbocycles. The van der Waals surface area contributed by atoms with Gasteiger partial charge in [-0.3, -0.25) is 14.6 Å². The first-order chi connectivity index (χ1) is 17.0. The van der Waals surface area contributed by atoms with Gasteiger partial charge in [0, 0.05) is 38.6 Å². The molecular weight excluding hydrogens is 479 g/mol. The number of amides is 3. The highest BCUT2D eigenvalue weighted by Gasteiger charge is 2.32. The van der Waals surface area contributed by atoms with E-state index in [4.69, 9.17) is 4.74 Å². The molecule has 0 unspecified atom stereocenters. The normalized spacial score (nSPS) is 11.1. The lowest BCUT2D eigenvalue weighted by molar-refractivity contribution is -0.138. The number of halogens is 3. The second kappa shape index (κ2) is 10.9. The minimum absolute atomic E-state index is 0.0132. The van der Waals surface area contributed by atoms with Crippen molar-refractivity contribution in [2.24, 2.45) is 0 Å². The molecule has 3 N–H and O–H groups in total. The van der Waals surface area contributed by atoms with Crippen molar-refractivity contribution < 1.29 is 27.5 Å². The van der Waals surface area contributed by atoms with Crippen LogP contribution in [0.15, 0.2) is 53.6 Å². The number of alkyl halides is 3. The van der Waals surface area contributed by atoms with Crippen LogP contribution < -0.4 is 26.2 Å². The van der Waals surface area contributed by atoms with Crippen LogP contribution >= 0.6 is 0 Å². The van der Waals surface area contributed by atoms with Gasteiger partial charge in [0.1, 0.15) is 22.9 Å². The molecular formula is C24H24F3N5O4. The summed E-state index contributed by atoms with van der Waals surface area (Å²) in [6.07, 6.45) is -2.51. The van der Waals surface area contributed by atoms with Gasteiger partial charge in [0.05, 0.1) is 5.56 Å². The number of anilines is 1. The maximum absolute atomic E-state index is 13.1. The highest BCUT2D eigenvalue weighted by atomic mass is 19.4. The van der Waals surface area contributed by atoms with Crippen molar-refractivity contribution in [2.45, 2.75) is 33.1 Å². The van der Waals surface area contributed by atoms with Gasteiger partial charge < -0.3 is 25.3 Å². The second-order valence-corrected chi connectivity index (χ2v) is 7.70. The number of hydrogen-bond acceptors (Lipinski definition) is 5. The summed E-state index contributed by atoms with van der Waals surface area (Å²) in [6, 6.07) is 8.01. The second-order valence-electron chi connectivity index (χ2n) is 7.70.